The summed E-state index contributed by atoms with van der Waals surface area (Å²) < 4.78 is 7.32. The number of nitrogens with one attached hydrogen (secondary N) is 2. The average Bonchev–Trinajstić information content (AvgIpc) is 3.31. The van der Waals surface area contributed by atoms with Crippen LogP contribution in [0.5, 0.6) is 0 Å². The predicted octanol–water partition coefficient (Wildman–Crippen LogP) is 3.44. The lowest BCUT2D eigenvalue weighted by Gasteiger charge is -2.21. The van der Waals surface area contributed by atoms with Gasteiger partial charge in [-0.1, -0.05) is 15.9 Å². The van der Waals surface area contributed by atoms with Gasteiger partial charge in [0.2, 0.25) is 0 Å². The molecule has 0 radical (unpaired) electrons. The monoisotopic (exact) mass is 542 g/mol. The highest BCUT2D eigenvalue weighted by atomic mass is 79.9. The molecule has 0 aliphatic carbocycles. The van der Waals surface area contributed by atoms with Crippen molar-refractivity contribution in [3.8, 4) is 5.69 Å². The van der Waals surface area contributed by atoms with Gasteiger partial charge in [-0.3, -0.25) is 20.0 Å². The Bertz CT molecular complexity index is 1370. The van der Waals surface area contributed by atoms with Gasteiger partial charge in [0.25, 0.3) is 5.69 Å². The highest BCUT2D eigenvalue weighted by Gasteiger charge is 2.30. The Labute approximate surface area is 204 Å². The van der Waals surface area contributed by atoms with Crippen molar-refractivity contribution >= 4 is 62.7 Å². The van der Waals surface area contributed by atoms with Crippen LogP contribution >= 0.6 is 15.9 Å². The summed E-state index contributed by atoms with van der Waals surface area (Å²) in [5, 5.41) is 26.2. The molecular formula is C21H15BrN6O7. The lowest BCUT2D eigenvalue weighted by molar-refractivity contribution is -0.384. The van der Waals surface area contributed by atoms with Gasteiger partial charge in [0, 0.05) is 22.4 Å². The van der Waals surface area contributed by atoms with Crippen LogP contribution in [0.25, 0.3) is 5.69 Å². The third-order valence-electron chi connectivity index (χ3n) is 4.85. The van der Waals surface area contributed by atoms with E-state index in [1.165, 1.54) is 23.2 Å². The molecule has 0 saturated heterocycles. The number of carbonyl (C=O) groups excluding carboxylic acids is 2. The van der Waals surface area contributed by atoms with E-state index < -0.39 is 28.7 Å². The normalized spacial score (nSPS) is 14.2. The molecule has 1 amide bonds. The van der Waals surface area contributed by atoms with Gasteiger partial charge in [0.1, 0.15) is 24.6 Å². The number of fused-ring (bicyclic) bond motifs is 1. The SMILES string of the molecule is O=CC1Nc2cc([N+](=O)[O-])c(-n3cnc(COC(=O)Nc4ccc(Br)cc4)c3)cc2N=C1C(=O)O. The third-order valence-corrected chi connectivity index (χ3v) is 5.38. The number of amides is 1. The minimum Gasteiger partial charge on any atom is -0.477 e. The molecule has 1 aromatic heterocycles. The standard InChI is InChI=1S/C21H15BrN6O7/c22-11-1-3-12(4-2-11)24-21(32)35-9-13-7-27(10-23-13)17-5-15-14(6-18(17)28(33)34)25-16(8-29)19(26-15)20(30)31/h1-8,10,16,25H,9H2,(H,24,32)(H,30,31). The molecule has 14 heteroatoms. The molecule has 0 saturated carbocycles. The number of carboxylic acids is 1. The molecule has 3 N–H and O–H groups in total. The Morgan fingerprint density at radius 1 is 1.31 bits per heavy atom. The number of benzene rings is 2. The van der Waals surface area contributed by atoms with E-state index in [2.05, 4.69) is 36.5 Å². The van der Waals surface area contributed by atoms with Crippen LogP contribution in [0.2, 0.25) is 0 Å². The van der Waals surface area contributed by atoms with Crippen LogP contribution in [0.4, 0.5) is 27.5 Å². The highest BCUT2D eigenvalue weighted by Crippen LogP contribution is 2.38. The molecule has 4 rings (SSSR count). The third kappa shape index (κ3) is 5.16. The zero-order valence-corrected chi connectivity index (χ0v) is 19.1. The molecule has 35 heavy (non-hydrogen) atoms. The van der Waals surface area contributed by atoms with Crippen molar-refractivity contribution in [2.75, 3.05) is 10.6 Å². The molecule has 0 spiro atoms. The molecule has 1 unspecified atom stereocenters. The van der Waals surface area contributed by atoms with Crippen molar-refractivity contribution in [1.82, 2.24) is 9.55 Å². The number of anilines is 2. The maximum Gasteiger partial charge on any atom is 0.412 e. The van der Waals surface area contributed by atoms with Gasteiger partial charge in [-0.2, -0.15) is 0 Å². The number of halogens is 1. The average molecular weight is 543 g/mol. The molecule has 2 aromatic carbocycles. The summed E-state index contributed by atoms with van der Waals surface area (Å²) in [6.45, 7) is -0.210. The second kappa shape index (κ2) is 9.72. The molecule has 3 aromatic rings. The lowest BCUT2D eigenvalue weighted by atomic mass is 10.1. The lowest BCUT2D eigenvalue weighted by Crippen LogP contribution is -2.38. The summed E-state index contributed by atoms with van der Waals surface area (Å²) in [4.78, 5) is 53.8. The molecular weight excluding hydrogens is 528 g/mol. The van der Waals surface area contributed by atoms with Crippen molar-refractivity contribution in [3.05, 3.63) is 69.2 Å². The number of imidazole rings is 1. The van der Waals surface area contributed by atoms with E-state index in [0.29, 0.717) is 17.7 Å². The van der Waals surface area contributed by atoms with Crippen molar-refractivity contribution in [1.29, 1.82) is 0 Å². The van der Waals surface area contributed by atoms with Gasteiger partial charge >= 0.3 is 12.1 Å². The summed E-state index contributed by atoms with van der Waals surface area (Å²) in [5.41, 5.74) is 0.331. The number of rotatable bonds is 7. The van der Waals surface area contributed by atoms with E-state index in [1.807, 2.05) is 0 Å². The van der Waals surface area contributed by atoms with E-state index in [4.69, 9.17) is 4.74 Å². The Balaban J connectivity index is 1.55. The van der Waals surface area contributed by atoms with Crippen LogP contribution in [-0.4, -0.2) is 49.7 Å². The number of aliphatic carboxylic acids is 1. The summed E-state index contributed by atoms with van der Waals surface area (Å²) in [7, 11) is 0. The first kappa shape index (κ1) is 23.6. The summed E-state index contributed by atoms with van der Waals surface area (Å²) in [6, 6.07) is 8.08. The van der Waals surface area contributed by atoms with Crippen molar-refractivity contribution in [2.45, 2.75) is 12.6 Å². The van der Waals surface area contributed by atoms with Crippen LogP contribution in [0, 0.1) is 10.1 Å². The van der Waals surface area contributed by atoms with Crippen molar-refractivity contribution in [2.24, 2.45) is 4.99 Å². The first-order valence-electron chi connectivity index (χ1n) is 9.84. The molecule has 0 fully saturated rings. The quantitative estimate of drug-likeness (QED) is 0.229. The van der Waals surface area contributed by atoms with Gasteiger partial charge in [-0.25, -0.2) is 19.6 Å². The van der Waals surface area contributed by atoms with Crippen molar-refractivity contribution in [3.63, 3.8) is 0 Å². The first-order valence-corrected chi connectivity index (χ1v) is 10.6. The summed E-state index contributed by atoms with van der Waals surface area (Å²) in [5.74, 6) is -1.40. The molecule has 178 valence electrons. The highest BCUT2D eigenvalue weighted by molar-refractivity contribution is 9.10. The fourth-order valence-electron chi connectivity index (χ4n) is 3.24. The maximum atomic E-state index is 12.0. The van der Waals surface area contributed by atoms with Crippen LogP contribution < -0.4 is 10.6 Å². The topological polar surface area (TPSA) is 178 Å². The van der Waals surface area contributed by atoms with Crippen LogP contribution in [0.15, 0.2) is 58.4 Å². The molecule has 1 atom stereocenters. The number of aromatic nitrogens is 2. The number of hydrogen-bond acceptors (Lipinski definition) is 9. The van der Waals surface area contributed by atoms with Gasteiger partial charge in [-0.05, 0) is 30.3 Å². The number of nitro benzene ring substituents is 1. The number of nitrogens with zero attached hydrogens (tertiary/aromatic N) is 4. The second-order valence-corrected chi connectivity index (χ2v) is 8.07. The van der Waals surface area contributed by atoms with E-state index >= 15 is 0 Å². The van der Waals surface area contributed by atoms with E-state index in [9.17, 15) is 29.6 Å². The number of aldehydes is 1. The maximum absolute atomic E-state index is 12.0. The van der Waals surface area contributed by atoms with Crippen LogP contribution in [0.1, 0.15) is 5.69 Å². The Hall–Kier alpha value is -4.59. The fourth-order valence-corrected chi connectivity index (χ4v) is 3.50. The first-order chi connectivity index (χ1) is 16.7. The predicted molar refractivity (Wildman–Crippen MR) is 126 cm³/mol. The fraction of sp³-hybridized carbons (Fsp3) is 0.0952. The second-order valence-electron chi connectivity index (χ2n) is 7.16. The molecule has 0 bridgehead atoms. The number of nitro groups is 1. The van der Waals surface area contributed by atoms with Crippen molar-refractivity contribution < 1.29 is 29.2 Å². The largest absolute Gasteiger partial charge is 0.477 e. The van der Waals surface area contributed by atoms with Gasteiger partial charge in [-0.15, -0.1) is 0 Å². The number of ether oxygens (including phenoxy) is 1. The zero-order valence-electron chi connectivity index (χ0n) is 17.5. The number of carboxylic acid groups (broad SMARTS) is 1. The number of carbonyl (C=O) groups is 3. The Morgan fingerprint density at radius 2 is 2.06 bits per heavy atom. The molecule has 1 aliphatic rings. The van der Waals surface area contributed by atoms with E-state index in [1.54, 1.807) is 24.3 Å². The minimum atomic E-state index is -1.40. The van der Waals surface area contributed by atoms with E-state index in [0.717, 1.165) is 10.5 Å². The number of hydrogen-bond donors (Lipinski definition) is 3. The van der Waals surface area contributed by atoms with Gasteiger partial charge in [0.05, 0.1) is 28.3 Å². The molecule has 2 heterocycles. The van der Waals surface area contributed by atoms with Crippen LogP contribution in [-0.2, 0) is 20.9 Å². The van der Waals surface area contributed by atoms with Gasteiger partial charge < -0.3 is 20.0 Å². The molecule has 13 nitrogen and oxygen atoms in total. The smallest absolute Gasteiger partial charge is 0.412 e. The zero-order chi connectivity index (χ0) is 25.1. The Kier molecular flexibility index (Phi) is 6.55. The molecule has 1 aliphatic heterocycles. The van der Waals surface area contributed by atoms with Gasteiger partial charge in [0.15, 0.2) is 5.71 Å². The Morgan fingerprint density at radius 3 is 2.71 bits per heavy atom. The van der Waals surface area contributed by atoms with Crippen LogP contribution in [0.3, 0.4) is 0 Å². The minimum absolute atomic E-state index is 0.0478. The van der Waals surface area contributed by atoms with E-state index in [-0.39, 0.29) is 29.4 Å². The summed E-state index contributed by atoms with van der Waals surface area (Å²) >= 11 is 3.30. The number of aliphatic imine (C=N–C) groups is 1. The summed E-state index contributed by atoms with van der Waals surface area (Å²) in [6.07, 6.45) is 2.35.